The summed E-state index contributed by atoms with van der Waals surface area (Å²) in [6, 6.07) is 0. The second-order valence-electron chi connectivity index (χ2n) is 5.01. The Hall–Kier alpha value is -1.10. The first-order chi connectivity index (χ1) is 7.69. The SMILES string of the molecule is CCCC(C)(N)C(=O)NC(C)(CCC)C(=O)O. The molecule has 0 fully saturated rings. The molecule has 0 aromatic heterocycles. The lowest BCUT2D eigenvalue weighted by molar-refractivity contribution is -0.148. The molecule has 4 N–H and O–H groups in total. The van der Waals surface area contributed by atoms with Crippen molar-refractivity contribution in [2.45, 2.75) is 64.5 Å². The van der Waals surface area contributed by atoms with Gasteiger partial charge >= 0.3 is 5.97 Å². The van der Waals surface area contributed by atoms with Crippen LogP contribution < -0.4 is 11.1 Å². The molecule has 0 aliphatic rings. The van der Waals surface area contributed by atoms with Gasteiger partial charge in [0, 0.05) is 0 Å². The van der Waals surface area contributed by atoms with Crippen molar-refractivity contribution in [3.05, 3.63) is 0 Å². The van der Waals surface area contributed by atoms with Crippen molar-refractivity contribution >= 4 is 11.9 Å². The van der Waals surface area contributed by atoms with E-state index in [4.69, 9.17) is 10.8 Å². The zero-order valence-corrected chi connectivity index (χ0v) is 11.2. The lowest BCUT2D eigenvalue weighted by Crippen LogP contribution is -2.60. The lowest BCUT2D eigenvalue weighted by atomic mass is 9.91. The molecule has 100 valence electrons. The zero-order valence-electron chi connectivity index (χ0n) is 11.2. The molecule has 2 atom stereocenters. The molecule has 0 aliphatic carbocycles. The van der Waals surface area contributed by atoms with E-state index in [1.165, 1.54) is 6.92 Å². The molecule has 0 aromatic carbocycles. The first kappa shape index (κ1) is 15.9. The maximum Gasteiger partial charge on any atom is 0.329 e. The number of aliphatic carboxylic acids is 1. The van der Waals surface area contributed by atoms with Crippen molar-refractivity contribution in [3.63, 3.8) is 0 Å². The quantitative estimate of drug-likeness (QED) is 0.628. The number of nitrogens with one attached hydrogen (secondary N) is 1. The van der Waals surface area contributed by atoms with Gasteiger partial charge in [-0.2, -0.15) is 0 Å². The van der Waals surface area contributed by atoms with E-state index in [9.17, 15) is 9.59 Å². The minimum absolute atomic E-state index is 0.385. The van der Waals surface area contributed by atoms with Gasteiger partial charge in [0.25, 0.3) is 0 Å². The molecule has 0 radical (unpaired) electrons. The summed E-state index contributed by atoms with van der Waals surface area (Å²) in [5, 5.41) is 11.7. The molecular weight excluding hydrogens is 220 g/mol. The predicted molar refractivity (Wildman–Crippen MR) is 66.6 cm³/mol. The number of rotatable bonds is 7. The standard InChI is InChI=1S/C12H24N2O3/c1-5-7-11(3,13)9(15)14-12(4,8-6-2)10(16)17/h5-8,13H2,1-4H3,(H,14,15)(H,16,17). The van der Waals surface area contributed by atoms with E-state index in [0.717, 1.165) is 6.42 Å². The molecular formula is C12H24N2O3. The fourth-order valence-corrected chi connectivity index (χ4v) is 1.75. The summed E-state index contributed by atoms with van der Waals surface area (Å²) >= 11 is 0. The van der Waals surface area contributed by atoms with E-state index >= 15 is 0 Å². The zero-order chi connectivity index (χ0) is 13.7. The molecule has 1 amide bonds. The lowest BCUT2D eigenvalue weighted by Gasteiger charge is -2.31. The number of carbonyl (C=O) groups excluding carboxylic acids is 1. The minimum atomic E-state index is -1.24. The molecule has 0 rings (SSSR count). The summed E-state index contributed by atoms with van der Waals surface area (Å²) < 4.78 is 0. The molecule has 2 unspecified atom stereocenters. The Labute approximate surface area is 103 Å². The molecule has 5 nitrogen and oxygen atoms in total. The molecule has 0 saturated carbocycles. The van der Waals surface area contributed by atoms with Crippen molar-refractivity contribution in [2.75, 3.05) is 0 Å². The number of carbonyl (C=O) groups is 2. The summed E-state index contributed by atoms with van der Waals surface area (Å²) in [6.07, 6.45) is 2.37. The van der Waals surface area contributed by atoms with Crippen molar-refractivity contribution in [3.8, 4) is 0 Å². The second kappa shape index (κ2) is 6.00. The van der Waals surface area contributed by atoms with Gasteiger partial charge in [-0.25, -0.2) is 4.79 Å². The first-order valence-corrected chi connectivity index (χ1v) is 6.04. The van der Waals surface area contributed by atoms with Gasteiger partial charge in [-0.3, -0.25) is 4.79 Å². The van der Waals surface area contributed by atoms with Crippen LogP contribution in [0.25, 0.3) is 0 Å². The topological polar surface area (TPSA) is 92.4 Å². The van der Waals surface area contributed by atoms with Crippen LogP contribution in [-0.2, 0) is 9.59 Å². The van der Waals surface area contributed by atoms with Gasteiger partial charge in [0.15, 0.2) is 0 Å². The van der Waals surface area contributed by atoms with Gasteiger partial charge in [0.1, 0.15) is 5.54 Å². The Bertz CT molecular complexity index is 289. The van der Waals surface area contributed by atoms with Crippen LogP contribution in [0.3, 0.4) is 0 Å². The summed E-state index contributed by atoms with van der Waals surface area (Å²) in [6.45, 7) is 6.95. The minimum Gasteiger partial charge on any atom is -0.480 e. The van der Waals surface area contributed by atoms with Crippen LogP contribution in [0.5, 0.6) is 0 Å². The summed E-state index contributed by atoms with van der Waals surface area (Å²) in [4.78, 5) is 23.1. The van der Waals surface area contributed by atoms with Crippen LogP contribution in [0.4, 0.5) is 0 Å². The van der Waals surface area contributed by atoms with Crippen molar-refractivity contribution < 1.29 is 14.7 Å². The van der Waals surface area contributed by atoms with E-state index in [1.54, 1.807) is 6.92 Å². The van der Waals surface area contributed by atoms with E-state index in [2.05, 4.69) is 5.32 Å². The first-order valence-electron chi connectivity index (χ1n) is 6.04. The van der Waals surface area contributed by atoms with Crippen LogP contribution in [-0.4, -0.2) is 28.1 Å². The third-order valence-corrected chi connectivity index (χ3v) is 2.90. The normalized spacial score (nSPS) is 17.9. The number of hydrogen-bond acceptors (Lipinski definition) is 3. The van der Waals surface area contributed by atoms with Crippen molar-refractivity contribution in [2.24, 2.45) is 5.73 Å². The third-order valence-electron chi connectivity index (χ3n) is 2.90. The Kier molecular flexibility index (Phi) is 5.61. The number of carboxylic acid groups (broad SMARTS) is 1. The molecule has 0 aromatic rings. The van der Waals surface area contributed by atoms with Gasteiger partial charge < -0.3 is 16.2 Å². The number of nitrogens with two attached hydrogens (primary N) is 1. The molecule has 0 heterocycles. The average molecular weight is 244 g/mol. The number of hydrogen-bond donors (Lipinski definition) is 3. The molecule has 0 aliphatic heterocycles. The highest BCUT2D eigenvalue weighted by molar-refractivity contribution is 5.91. The fraction of sp³-hybridized carbons (Fsp3) is 0.833. The van der Waals surface area contributed by atoms with E-state index in [0.29, 0.717) is 19.3 Å². The smallest absolute Gasteiger partial charge is 0.329 e. The highest BCUT2D eigenvalue weighted by Gasteiger charge is 2.38. The number of amides is 1. The van der Waals surface area contributed by atoms with E-state index in [-0.39, 0.29) is 0 Å². The summed E-state index contributed by atoms with van der Waals surface area (Å²) in [5.74, 6) is -1.43. The molecule has 0 bridgehead atoms. The molecule has 0 spiro atoms. The monoisotopic (exact) mass is 244 g/mol. The van der Waals surface area contributed by atoms with E-state index < -0.39 is 23.0 Å². The maximum atomic E-state index is 12.0. The van der Waals surface area contributed by atoms with Crippen LogP contribution in [0.1, 0.15) is 53.4 Å². The van der Waals surface area contributed by atoms with Crippen LogP contribution in [0.15, 0.2) is 0 Å². The van der Waals surface area contributed by atoms with Gasteiger partial charge in [0.2, 0.25) is 5.91 Å². The van der Waals surface area contributed by atoms with Gasteiger partial charge in [-0.15, -0.1) is 0 Å². The predicted octanol–water partition coefficient (Wildman–Crippen LogP) is 1.26. The van der Waals surface area contributed by atoms with E-state index in [1.807, 2.05) is 13.8 Å². The Morgan fingerprint density at radius 2 is 1.65 bits per heavy atom. The Morgan fingerprint density at radius 3 is 2.00 bits per heavy atom. The molecule has 17 heavy (non-hydrogen) atoms. The molecule has 5 heteroatoms. The van der Waals surface area contributed by atoms with Gasteiger partial charge in [-0.1, -0.05) is 26.7 Å². The second-order valence-corrected chi connectivity index (χ2v) is 5.01. The van der Waals surface area contributed by atoms with Crippen molar-refractivity contribution in [1.82, 2.24) is 5.32 Å². The Balaban J connectivity index is 4.78. The van der Waals surface area contributed by atoms with Gasteiger partial charge in [0.05, 0.1) is 5.54 Å². The number of carboxylic acids is 1. The maximum absolute atomic E-state index is 12.0. The van der Waals surface area contributed by atoms with Gasteiger partial charge in [-0.05, 0) is 26.7 Å². The highest BCUT2D eigenvalue weighted by atomic mass is 16.4. The van der Waals surface area contributed by atoms with Crippen LogP contribution >= 0.6 is 0 Å². The van der Waals surface area contributed by atoms with Crippen molar-refractivity contribution in [1.29, 1.82) is 0 Å². The largest absolute Gasteiger partial charge is 0.480 e. The highest BCUT2D eigenvalue weighted by Crippen LogP contribution is 2.16. The summed E-state index contributed by atoms with van der Waals surface area (Å²) in [5.41, 5.74) is 3.62. The third kappa shape index (κ3) is 4.34. The molecule has 0 saturated heterocycles. The van der Waals surface area contributed by atoms with Crippen LogP contribution in [0, 0.1) is 0 Å². The summed E-state index contributed by atoms with van der Waals surface area (Å²) in [7, 11) is 0. The van der Waals surface area contributed by atoms with Crippen LogP contribution in [0.2, 0.25) is 0 Å². The fourth-order valence-electron chi connectivity index (χ4n) is 1.75. The average Bonchev–Trinajstić information content (AvgIpc) is 2.17. The Morgan fingerprint density at radius 1 is 1.18 bits per heavy atom.